The Balaban J connectivity index is 1.45. The van der Waals surface area contributed by atoms with Gasteiger partial charge in [0.25, 0.3) is 5.56 Å². The average Bonchev–Trinajstić information content (AvgIpc) is 3.34. The van der Waals surface area contributed by atoms with Crippen molar-refractivity contribution in [2.75, 3.05) is 6.54 Å². The minimum Gasteiger partial charge on any atom is -0.339 e. The van der Waals surface area contributed by atoms with Gasteiger partial charge in [-0.15, -0.1) is 0 Å². The van der Waals surface area contributed by atoms with E-state index < -0.39 is 0 Å². The molecule has 1 aliphatic heterocycles. The minimum atomic E-state index is -0.125. The number of hydrogen-bond acceptors (Lipinski definition) is 4. The Hall–Kier alpha value is -2.18. The number of carbonyl (C=O) groups is 1. The van der Waals surface area contributed by atoms with Crippen molar-refractivity contribution in [2.45, 2.75) is 57.5 Å². The SMILES string of the molecule is Cn1ncc2c(=O)n(CCC(=O)N3CCCC3C3CCCC3)cnc21. The zero-order valence-corrected chi connectivity index (χ0v) is 14.7. The minimum absolute atomic E-state index is 0.125. The predicted molar refractivity (Wildman–Crippen MR) is 94.1 cm³/mol. The fourth-order valence-corrected chi connectivity index (χ4v) is 4.52. The summed E-state index contributed by atoms with van der Waals surface area (Å²) >= 11 is 0. The van der Waals surface area contributed by atoms with Crippen LogP contribution < -0.4 is 5.56 Å². The molecule has 1 amide bonds. The van der Waals surface area contributed by atoms with Gasteiger partial charge in [0.15, 0.2) is 5.65 Å². The Morgan fingerprint density at radius 2 is 2.04 bits per heavy atom. The first-order valence-electron chi connectivity index (χ1n) is 9.32. The standard InChI is InChI=1S/C18H25N5O2/c1-21-17-14(11-20-21)18(25)22(12-19-17)10-8-16(24)23-9-4-7-15(23)13-5-2-3-6-13/h11-13,15H,2-10H2,1H3. The molecular formula is C18H25N5O2. The topological polar surface area (TPSA) is 73.0 Å². The largest absolute Gasteiger partial charge is 0.339 e. The number of carbonyl (C=O) groups excluding carboxylic acids is 1. The molecule has 3 heterocycles. The molecule has 7 heteroatoms. The van der Waals surface area contributed by atoms with E-state index >= 15 is 0 Å². The van der Waals surface area contributed by atoms with E-state index in [0.717, 1.165) is 19.4 Å². The Bertz CT molecular complexity index is 834. The summed E-state index contributed by atoms with van der Waals surface area (Å²) in [4.78, 5) is 31.6. The zero-order chi connectivity index (χ0) is 17.4. The molecule has 4 rings (SSSR count). The van der Waals surface area contributed by atoms with Gasteiger partial charge in [0.2, 0.25) is 5.91 Å². The average molecular weight is 343 g/mol. The Labute approximate surface area is 146 Å². The van der Waals surface area contributed by atoms with Gasteiger partial charge < -0.3 is 4.90 Å². The Kier molecular flexibility index (Phi) is 4.31. The van der Waals surface area contributed by atoms with Crippen LogP contribution in [0.25, 0.3) is 11.0 Å². The van der Waals surface area contributed by atoms with E-state index in [1.807, 2.05) is 0 Å². The number of fused-ring (bicyclic) bond motifs is 1. The van der Waals surface area contributed by atoms with Gasteiger partial charge in [-0.05, 0) is 31.6 Å². The van der Waals surface area contributed by atoms with Gasteiger partial charge in [-0.1, -0.05) is 12.8 Å². The van der Waals surface area contributed by atoms with Crippen molar-refractivity contribution in [1.82, 2.24) is 24.2 Å². The summed E-state index contributed by atoms with van der Waals surface area (Å²) < 4.78 is 3.12. The molecule has 2 aliphatic rings. The molecule has 2 fully saturated rings. The number of hydrogen-bond donors (Lipinski definition) is 0. The number of nitrogens with zero attached hydrogens (tertiary/aromatic N) is 5. The second-order valence-electron chi connectivity index (χ2n) is 7.34. The van der Waals surface area contributed by atoms with Gasteiger partial charge in [0.05, 0.1) is 12.5 Å². The van der Waals surface area contributed by atoms with Crippen LogP contribution in [0.5, 0.6) is 0 Å². The second-order valence-corrected chi connectivity index (χ2v) is 7.34. The van der Waals surface area contributed by atoms with Crippen molar-refractivity contribution in [3.8, 4) is 0 Å². The van der Waals surface area contributed by atoms with Crippen molar-refractivity contribution >= 4 is 16.9 Å². The predicted octanol–water partition coefficient (Wildman–Crippen LogP) is 1.70. The van der Waals surface area contributed by atoms with Crippen LogP contribution in [0.15, 0.2) is 17.3 Å². The highest BCUT2D eigenvalue weighted by Crippen LogP contribution is 2.35. The molecule has 0 spiro atoms. The number of likely N-dealkylation sites (tertiary alicyclic amines) is 1. The number of amides is 1. The van der Waals surface area contributed by atoms with Crippen LogP contribution in [0.3, 0.4) is 0 Å². The molecule has 2 aromatic heterocycles. The van der Waals surface area contributed by atoms with Crippen molar-refractivity contribution in [3.63, 3.8) is 0 Å². The molecule has 7 nitrogen and oxygen atoms in total. The Morgan fingerprint density at radius 1 is 1.24 bits per heavy atom. The normalized spacial score (nSPS) is 21.5. The third-order valence-corrected chi connectivity index (χ3v) is 5.85. The first-order valence-corrected chi connectivity index (χ1v) is 9.32. The number of aryl methyl sites for hydroxylation is 2. The van der Waals surface area contributed by atoms with Crippen molar-refractivity contribution < 1.29 is 4.79 Å². The monoisotopic (exact) mass is 343 g/mol. The Morgan fingerprint density at radius 3 is 2.84 bits per heavy atom. The van der Waals surface area contributed by atoms with Gasteiger partial charge in [-0.2, -0.15) is 5.10 Å². The number of rotatable bonds is 4. The van der Waals surface area contributed by atoms with Crippen LogP contribution in [-0.2, 0) is 18.4 Å². The summed E-state index contributed by atoms with van der Waals surface area (Å²) in [5.74, 6) is 0.857. The molecule has 0 N–H and O–H groups in total. The summed E-state index contributed by atoms with van der Waals surface area (Å²) in [5, 5.41) is 4.58. The lowest BCUT2D eigenvalue weighted by molar-refractivity contribution is -0.133. The van der Waals surface area contributed by atoms with Crippen LogP contribution in [0, 0.1) is 5.92 Å². The van der Waals surface area contributed by atoms with E-state index in [1.165, 1.54) is 36.6 Å². The molecule has 0 radical (unpaired) electrons. The zero-order valence-electron chi connectivity index (χ0n) is 14.7. The highest BCUT2D eigenvalue weighted by molar-refractivity contribution is 5.77. The van der Waals surface area contributed by atoms with E-state index in [9.17, 15) is 9.59 Å². The van der Waals surface area contributed by atoms with Gasteiger partial charge in [0.1, 0.15) is 5.39 Å². The summed E-state index contributed by atoms with van der Waals surface area (Å²) in [6.07, 6.45) is 10.8. The molecule has 1 aliphatic carbocycles. The van der Waals surface area contributed by atoms with Crippen LogP contribution in [0.4, 0.5) is 0 Å². The van der Waals surface area contributed by atoms with Gasteiger partial charge >= 0.3 is 0 Å². The van der Waals surface area contributed by atoms with Crippen molar-refractivity contribution in [1.29, 1.82) is 0 Å². The lowest BCUT2D eigenvalue weighted by Gasteiger charge is -2.29. The van der Waals surface area contributed by atoms with Crippen LogP contribution in [-0.4, -0.2) is 42.7 Å². The summed E-state index contributed by atoms with van der Waals surface area (Å²) in [5.41, 5.74) is 0.452. The quantitative estimate of drug-likeness (QED) is 0.847. The van der Waals surface area contributed by atoms with E-state index in [1.54, 1.807) is 17.9 Å². The molecule has 1 unspecified atom stereocenters. The highest BCUT2D eigenvalue weighted by Gasteiger charge is 2.35. The van der Waals surface area contributed by atoms with Gasteiger partial charge in [-0.25, -0.2) is 4.98 Å². The molecule has 1 saturated carbocycles. The van der Waals surface area contributed by atoms with Gasteiger partial charge in [-0.3, -0.25) is 18.8 Å². The third-order valence-electron chi connectivity index (χ3n) is 5.85. The molecule has 1 atom stereocenters. The molecule has 0 bridgehead atoms. The first-order chi connectivity index (χ1) is 12.1. The fourth-order valence-electron chi connectivity index (χ4n) is 4.52. The van der Waals surface area contributed by atoms with Crippen LogP contribution >= 0.6 is 0 Å². The highest BCUT2D eigenvalue weighted by atomic mass is 16.2. The second kappa shape index (κ2) is 6.61. The maximum absolute atomic E-state index is 12.7. The van der Waals surface area contributed by atoms with Crippen LogP contribution in [0.1, 0.15) is 44.9 Å². The summed E-state index contributed by atoms with van der Waals surface area (Å²) in [6.45, 7) is 1.25. The molecule has 2 aromatic rings. The van der Waals surface area contributed by atoms with Crippen molar-refractivity contribution in [3.05, 3.63) is 22.9 Å². The first kappa shape index (κ1) is 16.3. The maximum atomic E-state index is 12.7. The molecule has 1 saturated heterocycles. The lowest BCUT2D eigenvalue weighted by Crippen LogP contribution is -2.40. The summed E-state index contributed by atoms with van der Waals surface area (Å²) in [7, 11) is 1.76. The van der Waals surface area contributed by atoms with Crippen LogP contribution in [0.2, 0.25) is 0 Å². The third kappa shape index (κ3) is 2.96. The lowest BCUT2D eigenvalue weighted by atomic mass is 9.96. The van der Waals surface area contributed by atoms with E-state index in [0.29, 0.717) is 36.0 Å². The van der Waals surface area contributed by atoms with E-state index in [2.05, 4.69) is 15.0 Å². The molecular weight excluding hydrogens is 318 g/mol. The van der Waals surface area contributed by atoms with E-state index in [-0.39, 0.29) is 11.5 Å². The fraction of sp³-hybridized carbons (Fsp3) is 0.667. The molecule has 25 heavy (non-hydrogen) atoms. The number of aromatic nitrogens is 4. The van der Waals surface area contributed by atoms with E-state index in [4.69, 9.17) is 0 Å². The molecule has 134 valence electrons. The summed E-state index contributed by atoms with van der Waals surface area (Å²) in [6, 6.07) is 0.422. The maximum Gasteiger partial charge on any atom is 0.264 e. The van der Waals surface area contributed by atoms with Gasteiger partial charge in [0, 0.05) is 32.6 Å². The smallest absolute Gasteiger partial charge is 0.264 e. The molecule has 0 aromatic carbocycles. The van der Waals surface area contributed by atoms with Crippen molar-refractivity contribution in [2.24, 2.45) is 13.0 Å².